The van der Waals surface area contributed by atoms with Crippen molar-refractivity contribution in [1.29, 1.82) is 0 Å². The summed E-state index contributed by atoms with van der Waals surface area (Å²) in [7, 11) is 0. The molecule has 0 aromatic rings. The van der Waals surface area contributed by atoms with E-state index >= 15 is 0 Å². The van der Waals surface area contributed by atoms with Gasteiger partial charge in [-0.3, -0.25) is 0 Å². The first-order valence-corrected chi connectivity index (χ1v) is 8.76. The molecule has 0 radical (unpaired) electrons. The Hall–Kier alpha value is -0.860. The molecule has 136 valence electrons. The number of aliphatic hydroxyl groups is 2. The van der Waals surface area contributed by atoms with E-state index in [-0.39, 0.29) is 17.9 Å². The van der Waals surface area contributed by atoms with Crippen LogP contribution in [0, 0.1) is 28.6 Å². The fourth-order valence-corrected chi connectivity index (χ4v) is 3.79. The lowest BCUT2D eigenvalue weighted by Gasteiger charge is -2.56. The van der Waals surface area contributed by atoms with Crippen LogP contribution in [0.15, 0.2) is 11.6 Å². The summed E-state index contributed by atoms with van der Waals surface area (Å²) in [6.45, 7) is 13.5. The van der Waals surface area contributed by atoms with Crippen LogP contribution in [0.5, 0.6) is 0 Å². The molecule has 0 bridgehead atoms. The van der Waals surface area contributed by atoms with Crippen LogP contribution >= 0.6 is 0 Å². The lowest BCUT2D eigenvalue weighted by Crippen LogP contribution is -2.62. The van der Waals surface area contributed by atoms with Crippen LogP contribution in [0.2, 0.25) is 0 Å². The van der Waals surface area contributed by atoms with Gasteiger partial charge in [-0.1, -0.05) is 46.5 Å². The zero-order chi connectivity index (χ0) is 18.2. The zero-order valence-corrected chi connectivity index (χ0v) is 15.9. The number of rotatable bonds is 1. The summed E-state index contributed by atoms with van der Waals surface area (Å²) in [6.07, 6.45) is 2.88. The molecule has 4 heteroatoms. The smallest absolute Gasteiger partial charge is 0.169 e. The van der Waals surface area contributed by atoms with Gasteiger partial charge in [0.05, 0.1) is 19.8 Å². The maximum Gasteiger partial charge on any atom is 0.169 e. The van der Waals surface area contributed by atoms with Crippen molar-refractivity contribution >= 4 is 0 Å². The average Bonchev–Trinajstić information content (AvgIpc) is 2.47. The minimum atomic E-state index is -1.12. The Labute approximate surface area is 146 Å². The average molecular weight is 336 g/mol. The van der Waals surface area contributed by atoms with Gasteiger partial charge in [0.1, 0.15) is 5.60 Å². The highest BCUT2D eigenvalue weighted by atomic mass is 16.7. The number of hydrogen-bond donors (Lipinski definition) is 2. The normalized spacial score (nSPS) is 34.5. The van der Waals surface area contributed by atoms with E-state index < -0.39 is 16.8 Å². The van der Waals surface area contributed by atoms with Crippen LogP contribution in [-0.4, -0.2) is 41.4 Å². The van der Waals surface area contributed by atoms with Gasteiger partial charge in [-0.05, 0) is 18.6 Å². The third kappa shape index (κ3) is 3.70. The van der Waals surface area contributed by atoms with Gasteiger partial charge in [0.15, 0.2) is 5.79 Å². The van der Waals surface area contributed by atoms with Crippen LogP contribution in [0.25, 0.3) is 0 Å². The highest BCUT2D eigenvalue weighted by Gasteiger charge is 2.59. The van der Waals surface area contributed by atoms with Crippen molar-refractivity contribution in [2.45, 2.75) is 65.8 Å². The third-order valence-corrected chi connectivity index (χ3v) is 5.37. The maximum absolute atomic E-state index is 11.3. The van der Waals surface area contributed by atoms with Gasteiger partial charge in [0, 0.05) is 29.6 Å². The molecule has 4 nitrogen and oxygen atoms in total. The summed E-state index contributed by atoms with van der Waals surface area (Å²) in [5.41, 5.74) is -0.805. The fourth-order valence-electron chi connectivity index (χ4n) is 3.79. The summed E-state index contributed by atoms with van der Waals surface area (Å²) < 4.78 is 12.3. The molecule has 2 rings (SSSR count). The number of allylic oxidation sites excluding steroid dienone is 1. The SMILES string of the molecule is C/C(C#C[C@@]1(O)[C@@H](C)CC2(CC1(C)C)OCC(C)(C)CO2)=C/CO. The lowest BCUT2D eigenvalue weighted by molar-refractivity contribution is -0.341. The first-order valence-electron chi connectivity index (χ1n) is 8.76. The minimum Gasteiger partial charge on any atom is -0.392 e. The Morgan fingerprint density at radius 1 is 1.21 bits per heavy atom. The molecule has 0 amide bonds. The summed E-state index contributed by atoms with van der Waals surface area (Å²) in [5, 5.41) is 20.3. The monoisotopic (exact) mass is 336 g/mol. The van der Waals surface area contributed by atoms with Crippen molar-refractivity contribution < 1.29 is 19.7 Å². The Morgan fingerprint density at radius 2 is 1.79 bits per heavy atom. The molecule has 1 spiro atoms. The molecule has 0 aromatic heterocycles. The highest BCUT2D eigenvalue weighted by molar-refractivity contribution is 5.33. The van der Waals surface area contributed by atoms with Gasteiger partial charge in [-0.2, -0.15) is 0 Å². The second-order valence-electron chi connectivity index (χ2n) is 8.90. The summed E-state index contributed by atoms with van der Waals surface area (Å²) >= 11 is 0. The van der Waals surface area contributed by atoms with Crippen molar-refractivity contribution in [3.8, 4) is 11.8 Å². The van der Waals surface area contributed by atoms with Crippen molar-refractivity contribution in [3.05, 3.63) is 11.6 Å². The molecule has 1 aliphatic heterocycles. The number of aliphatic hydroxyl groups excluding tert-OH is 1. The summed E-state index contributed by atoms with van der Waals surface area (Å²) in [4.78, 5) is 0. The van der Waals surface area contributed by atoms with E-state index in [0.717, 1.165) is 5.57 Å². The van der Waals surface area contributed by atoms with Crippen LogP contribution in [0.1, 0.15) is 54.4 Å². The van der Waals surface area contributed by atoms with Gasteiger partial charge >= 0.3 is 0 Å². The van der Waals surface area contributed by atoms with Gasteiger partial charge in [0.2, 0.25) is 0 Å². The second kappa shape index (κ2) is 6.46. The molecule has 1 aliphatic carbocycles. The second-order valence-corrected chi connectivity index (χ2v) is 8.90. The van der Waals surface area contributed by atoms with E-state index in [1.165, 1.54) is 0 Å². The number of hydrogen-bond acceptors (Lipinski definition) is 4. The largest absolute Gasteiger partial charge is 0.392 e. The lowest BCUT2D eigenvalue weighted by atomic mass is 9.58. The molecule has 24 heavy (non-hydrogen) atoms. The van der Waals surface area contributed by atoms with Crippen molar-refractivity contribution in [2.75, 3.05) is 19.8 Å². The maximum atomic E-state index is 11.3. The molecule has 0 aromatic carbocycles. The summed E-state index contributed by atoms with van der Waals surface area (Å²) in [5.74, 6) is 5.37. The third-order valence-electron chi connectivity index (χ3n) is 5.37. The van der Waals surface area contributed by atoms with Crippen LogP contribution < -0.4 is 0 Å². The molecule has 1 saturated carbocycles. The highest BCUT2D eigenvalue weighted by Crippen LogP contribution is 2.53. The predicted molar refractivity (Wildman–Crippen MR) is 94.2 cm³/mol. The van der Waals surface area contributed by atoms with Gasteiger partial charge in [-0.15, -0.1) is 0 Å². The Morgan fingerprint density at radius 3 is 2.29 bits per heavy atom. The van der Waals surface area contributed by atoms with Gasteiger partial charge in [0.25, 0.3) is 0 Å². The Bertz CT molecular complexity index is 554. The van der Waals surface area contributed by atoms with Gasteiger partial charge in [-0.25, -0.2) is 0 Å². The van der Waals surface area contributed by atoms with E-state index in [4.69, 9.17) is 14.6 Å². The summed E-state index contributed by atoms with van der Waals surface area (Å²) in [6, 6.07) is 0. The number of ether oxygens (including phenoxy) is 2. The minimum absolute atomic E-state index is 0.0262. The Kier molecular flexibility index (Phi) is 5.24. The van der Waals surface area contributed by atoms with Crippen LogP contribution in [0.4, 0.5) is 0 Å². The molecular weight excluding hydrogens is 304 g/mol. The Balaban J connectivity index is 2.26. The van der Waals surface area contributed by atoms with E-state index in [0.29, 0.717) is 26.1 Å². The van der Waals surface area contributed by atoms with Crippen molar-refractivity contribution in [2.24, 2.45) is 16.7 Å². The van der Waals surface area contributed by atoms with Gasteiger partial charge < -0.3 is 19.7 Å². The first kappa shape index (κ1) is 19.5. The standard InChI is InChI=1S/C20H32O4/c1-15(8-10-21)7-9-20(22)16(2)11-19(12-18(20,5)6)23-13-17(3,4)14-24-19/h8,16,21-22H,10-14H2,1-6H3/b15-8-/t16-,20+/m0/s1. The van der Waals surface area contributed by atoms with Crippen molar-refractivity contribution in [1.82, 2.24) is 0 Å². The molecule has 0 unspecified atom stereocenters. The first-order chi connectivity index (χ1) is 11.0. The topological polar surface area (TPSA) is 58.9 Å². The van der Waals surface area contributed by atoms with E-state index in [1.54, 1.807) is 6.08 Å². The fraction of sp³-hybridized carbons (Fsp3) is 0.800. The molecule has 2 aliphatic rings. The molecule has 2 N–H and O–H groups in total. The van der Waals surface area contributed by atoms with Crippen molar-refractivity contribution in [3.63, 3.8) is 0 Å². The van der Waals surface area contributed by atoms with Crippen LogP contribution in [0.3, 0.4) is 0 Å². The molecule has 1 heterocycles. The molecule has 2 fully saturated rings. The molecule has 1 saturated heterocycles. The zero-order valence-electron chi connectivity index (χ0n) is 15.9. The van der Waals surface area contributed by atoms with E-state index in [1.807, 2.05) is 27.7 Å². The quantitative estimate of drug-likeness (QED) is 0.723. The van der Waals surface area contributed by atoms with Crippen LogP contribution in [-0.2, 0) is 9.47 Å². The molecule has 2 atom stereocenters. The molecular formula is C20H32O4. The van der Waals surface area contributed by atoms with E-state index in [9.17, 15) is 5.11 Å². The van der Waals surface area contributed by atoms with E-state index in [2.05, 4.69) is 25.7 Å². The predicted octanol–water partition coefficient (Wildman–Crippen LogP) is 2.88.